The number of nitrogens with one attached hydrogen (secondary N) is 1. The first kappa shape index (κ1) is 19.5. The second-order valence-corrected chi connectivity index (χ2v) is 7.14. The van der Waals surface area contributed by atoms with Gasteiger partial charge in [-0.3, -0.25) is 0 Å². The van der Waals surface area contributed by atoms with Gasteiger partial charge < -0.3 is 5.32 Å². The Kier molecular flexibility index (Phi) is 5.06. The number of nitrogens with zero attached hydrogens (tertiary/aromatic N) is 5. The first-order chi connectivity index (χ1) is 15.7. The average molecular weight is 424 g/mol. The zero-order valence-electron chi connectivity index (χ0n) is 16.8. The summed E-state index contributed by atoms with van der Waals surface area (Å²) in [7, 11) is 0. The zero-order chi connectivity index (χ0) is 21.9. The number of amides is 2. The molecule has 8 heteroatoms. The fraction of sp³-hybridized carbons (Fsp3) is 0.0833. The lowest BCUT2D eigenvalue weighted by molar-refractivity contribution is 0.200. The molecule has 3 heterocycles. The molecule has 0 saturated heterocycles. The molecule has 7 nitrogen and oxygen atoms in total. The molecule has 1 N–H and O–H groups in total. The van der Waals surface area contributed by atoms with Gasteiger partial charge >= 0.3 is 6.03 Å². The van der Waals surface area contributed by atoms with Crippen LogP contribution in [0.1, 0.15) is 29.3 Å². The third-order valence-corrected chi connectivity index (χ3v) is 5.02. The smallest absolute Gasteiger partial charge is 0.306 e. The fourth-order valence-electron chi connectivity index (χ4n) is 3.48. The number of rotatable bonds is 2. The quantitative estimate of drug-likeness (QED) is 0.489. The van der Waals surface area contributed by atoms with Crippen LogP contribution in [0.2, 0.25) is 0 Å². The third-order valence-electron chi connectivity index (χ3n) is 5.02. The summed E-state index contributed by atoms with van der Waals surface area (Å²) in [6.45, 7) is 0. The molecule has 2 aromatic carbocycles. The molecule has 0 bridgehead atoms. The van der Waals surface area contributed by atoms with Crippen molar-refractivity contribution in [3.63, 3.8) is 0 Å². The highest BCUT2D eigenvalue weighted by Gasteiger charge is 2.28. The van der Waals surface area contributed by atoms with Crippen molar-refractivity contribution < 1.29 is 9.18 Å². The minimum atomic E-state index is -0.371. The van der Waals surface area contributed by atoms with Gasteiger partial charge in [0.05, 0.1) is 12.2 Å². The van der Waals surface area contributed by atoms with Crippen LogP contribution in [0.5, 0.6) is 0 Å². The number of hydrogen-bond acceptors (Lipinski definition) is 4. The van der Waals surface area contributed by atoms with E-state index in [1.165, 1.54) is 17.1 Å². The molecule has 5 rings (SSSR count). The van der Waals surface area contributed by atoms with Crippen molar-refractivity contribution in [2.24, 2.45) is 5.10 Å². The van der Waals surface area contributed by atoms with E-state index < -0.39 is 0 Å². The van der Waals surface area contributed by atoms with E-state index in [0.29, 0.717) is 17.8 Å². The summed E-state index contributed by atoms with van der Waals surface area (Å²) in [6.07, 6.45) is 5.59. The lowest BCUT2D eigenvalue weighted by Gasteiger charge is -2.22. The number of carbonyl (C=O) groups excluding carboxylic acids is 1. The lowest BCUT2D eigenvalue weighted by Crippen LogP contribution is -2.31. The minimum Gasteiger partial charge on any atom is -0.306 e. The molecular formula is C24H17FN6O. The summed E-state index contributed by atoms with van der Waals surface area (Å²) < 4.78 is 14.9. The summed E-state index contributed by atoms with van der Waals surface area (Å²) >= 11 is 0. The molecule has 1 aliphatic heterocycles. The third kappa shape index (κ3) is 3.91. The van der Waals surface area contributed by atoms with E-state index in [2.05, 4.69) is 32.3 Å². The van der Waals surface area contributed by atoms with Gasteiger partial charge in [0.15, 0.2) is 5.65 Å². The van der Waals surface area contributed by atoms with Crippen molar-refractivity contribution in [2.75, 3.05) is 5.32 Å². The number of carbonyl (C=O) groups is 1. The van der Waals surface area contributed by atoms with Gasteiger partial charge in [0.25, 0.3) is 0 Å². The van der Waals surface area contributed by atoms with E-state index in [1.54, 1.807) is 47.4 Å². The van der Waals surface area contributed by atoms with E-state index in [9.17, 15) is 9.18 Å². The summed E-state index contributed by atoms with van der Waals surface area (Å²) in [6, 6.07) is 16.4. The Morgan fingerprint density at radius 3 is 2.84 bits per heavy atom. The molecule has 0 spiro atoms. The number of halogens is 1. The summed E-state index contributed by atoms with van der Waals surface area (Å²) in [4.78, 5) is 17.1. The maximum absolute atomic E-state index is 13.2. The summed E-state index contributed by atoms with van der Waals surface area (Å²) in [5.41, 5.74) is 3.54. The Morgan fingerprint density at radius 1 is 1.09 bits per heavy atom. The van der Waals surface area contributed by atoms with Gasteiger partial charge in [-0.25, -0.2) is 23.7 Å². The molecule has 156 valence electrons. The van der Waals surface area contributed by atoms with Crippen LogP contribution in [0, 0.1) is 17.7 Å². The molecule has 1 unspecified atom stereocenters. The van der Waals surface area contributed by atoms with Crippen LogP contribution >= 0.6 is 0 Å². The maximum atomic E-state index is 13.2. The Bertz CT molecular complexity index is 1380. The Balaban J connectivity index is 1.32. The predicted molar refractivity (Wildman–Crippen MR) is 119 cm³/mol. The van der Waals surface area contributed by atoms with Crippen LogP contribution in [0.3, 0.4) is 0 Å². The monoisotopic (exact) mass is 424 g/mol. The van der Waals surface area contributed by atoms with Crippen molar-refractivity contribution in [3.8, 4) is 11.8 Å². The van der Waals surface area contributed by atoms with Crippen LogP contribution in [-0.4, -0.2) is 31.9 Å². The highest BCUT2D eigenvalue weighted by atomic mass is 19.1. The van der Waals surface area contributed by atoms with Crippen LogP contribution < -0.4 is 5.32 Å². The molecule has 0 saturated carbocycles. The zero-order valence-corrected chi connectivity index (χ0v) is 16.8. The Labute approximate surface area is 183 Å². The molecule has 32 heavy (non-hydrogen) atoms. The van der Waals surface area contributed by atoms with E-state index >= 15 is 0 Å². The van der Waals surface area contributed by atoms with Crippen molar-refractivity contribution in [2.45, 2.75) is 12.5 Å². The van der Waals surface area contributed by atoms with Gasteiger partial charge in [-0.15, -0.1) is 0 Å². The van der Waals surface area contributed by atoms with Crippen molar-refractivity contribution >= 4 is 23.6 Å². The molecule has 0 aliphatic carbocycles. The van der Waals surface area contributed by atoms with E-state index in [-0.39, 0.29) is 17.9 Å². The van der Waals surface area contributed by atoms with Gasteiger partial charge in [-0.2, -0.15) is 10.2 Å². The van der Waals surface area contributed by atoms with E-state index in [1.807, 2.05) is 24.3 Å². The van der Waals surface area contributed by atoms with Crippen LogP contribution in [0.15, 0.2) is 78.2 Å². The van der Waals surface area contributed by atoms with Gasteiger partial charge in [0.1, 0.15) is 11.5 Å². The van der Waals surface area contributed by atoms with Crippen LogP contribution in [0.4, 0.5) is 14.9 Å². The Morgan fingerprint density at radius 2 is 1.97 bits per heavy atom. The molecule has 4 aromatic rings. The molecular weight excluding hydrogens is 407 g/mol. The van der Waals surface area contributed by atoms with Crippen molar-refractivity contribution in [1.82, 2.24) is 19.6 Å². The topological polar surface area (TPSA) is 74.9 Å². The van der Waals surface area contributed by atoms with Gasteiger partial charge in [-0.05, 0) is 53.9 Å². The molecule has 0 fully saturated rings. The molecule has 2 amide bonds. The maximum Gasteiger partial charge on any atom is 0.342 e. The van der Waals surface area contributed by atoms with E-state index in [0.717, 1.165) is 16.8 Å². The molecule has 0 radical (unpaired) electrons. The average Bonchev–Trinajstić information content (AvgIpc) is 3.46. The normalized spacial score (nSPS) is 14.9. The predicted octanol–water partition coefficient (Wildman–Crippen LogP) is 4.23. The largest absolute Gasteiger partial charge is 0.342 e. The molecule has 2 aromatic heterocycles. The second-order valence-electron chi connectivity index (χ2n) is 7.14. The summed E-state index contributed by atoms with van der Waals surface area (Å²) in [5, 5.41) is 12.7. The number of urea groups is 1. The minimum absolute atomic E-state index is 0.277. The second kappa shape index (κ2) is 8.32. The highest BCUT2D eigenvalue weighted by Crippen LogP contribution is 2.29. The highest BCUT2D eigenvalue weighted by molar-refractivity contribution is 5.91. The first-order valence-corrected chi connectivity index (χ1v) is 9.96. The van der Waals surface area contributed by atoms with Crippen molar-refractivity contribution in [3.05, 3.63) is 95.7 Å². The number of anilines is 1. The summed E-state index contributed by atoms with van der Waals surface area (Å²) in [5.74, 6) is 5.83. The van der Waals surface area contributed by atoms with Gasteiger partial charge in [0.2, 0.25) is 0 Å². The first-order valence-electron chi connectivity index (χ1n) is 9.96. The Hall–Kier alpha value is -4.51. The number of hydrazone groups is 1. The van der Waals surface area contributed by atoms with Crippen molar-refractivity contribution in [1.29, 1.82) is 0 Å². The number of imidazole rings is 1. The number of fused-ring (bicyclic) bond motifs is 1. The van der Waals surface area contributed by atoms with Crippen LogP contribution in [0.25, 0.3) is 5.65 Å². The molecule has 1 aliphatic rings. The number of benzene rings is 2. The van der Waals surface area contributed by atoms with E-state index in [4.69, 9.17) is 0 Å². The van der Waals surface area contributed by atoms with Gasteiger partial charge in [0, 0.05) is 30.1 Å². The van der Waals surface area contributed by atoms with Gasteiger partial charge in [-0.1, -0.05) is 24.1 Å². The number of aromatic nitrogens is 3. The lowest BCUT2D eigenvalue weighted by atomic mass is 10.0. The SMILES string of the molecule is O=C(Nc1cccc(C#Cc2cnc3cccnn23)c1)N1N=CCC1c1ccc(F)cc1. The molecule has 1 atom stereocenters. The fourth-order valence-corrected chi connectivity index (χ4v) is 3.48. The standard InChI is InChI=1S/C24H17FN6O/c25-19-9-7-18(8-10-19)22-12-14-28-31(22)24(32)29-20-4-1-3-17(15-20)6-11-21-16-26-23-5-2-13-27-30(21)23/h1-5,7-10,13-16,22H,12H2,(H,29,32). The van der Waals surface area contributed by atoms with Crippen LogP contribution in [-0.2, 0) is 0 Å². The number of hydrogen-bond donors (Lipinski definition) is 1.